The molecular weight excluding hydrogens is 459 g/mol. The number of nitrogens with one attached hydrogen (secondary N) is 4. The number of aromatic nitrogens is 3. The predicted molar refractivity (Wildman–Crippen MR) is 135 cm³/mol. The van der Waals surface area contributed by atoms with Crippen molar-refractivity contribution in [1.29, 1.82) is 0 Å². The highest BCUT2D eigenvalue weighted by Crippen LogP contribution is 2.37. The van der Waals surface area contributed by atoms with Crippen LogP contribution in [-0.4, -0.2) is 33.3 Å². The van der Waals surface area contributed by atoms with Crippen LogP contribution in [0.2, 0.25) is 0 Å². The molecule has 0 radical (unpaired) electrons. The Kier molecular flexibility index (Phi) is 6.30. The molecule has 0 aliphatic carbocycles. The summed E-state index contributed by atoms with van der Waals surface area (Å²) in [5.41, 5.74) is 5.36. The zero-order valence-corrected chi connectivity index (χ0v) is 19.9. The predicted octanol–water partition coefficient (Wildman–Crippen LogP) is 4.19. The fourth-order valence-corrected chi connectivity index (χ4v) is 4.35. The van der Waals surface area contributed by atoms with Crippen molar-refractivity contribution in [3.05, 3.63) is 88.8 Å². The maximum atomic E-state index is 15.3. The third-order valence-corrected chi connectivity index (χ3v) is 6.19. The summed E-state index contributed by atoms with van der Waals surface area (Å²) in [6, 6.07) is 11.4. The van der Waals surface area contributed by atoms with Crippen molar-refractivity contribution in [2.45, 2.75) is 26.9 Å². The number of imidazole rings is 1. The summed E-state index contributed by atoms with van der Waals surface area (Å²) in [5.74, 6) is -0.494. The highest BCUT2D eigenvalue weighted by atomic mass is 19.1. The van der Waals surface area contributed by atoms with E-state index in [0.717, 1.165) is 17.9 Å². The Morgan fingerprint density at radius 3 is 2.69 bits per heavy atom. The van der Waals surface area contributed by atoms with Gasteiger partial charge in [0.25, 0.3) is 11.8 Å². The fraction of sp³-hybridized carbons (Fsp3) is 0.185. The van der Waals surface area contributed by atoms with Gasteiger partial charge in [-0.3, -0.25) is 14.6 Å². The molecule has 3 heterocycles. The minimum absolute atomic E-state index is 0.218. The molecular formula is C27H25FN6O2. The first-order valence-electron chi connectivity index (χ1n) is 11.7. The molecule has 2 amide bonds. The molecule has 1 aliphatic heterocycles. The van der Waals surface area contributed by atoms with E-state index >= 15 is 4.39 Å². The maximum absolute atomic E-state index is 15.3. The number of H-pyrrole nitrogens is 1. The number of nitrogens with zero attached hydrogens (tertiary/aromatic N) is 2. The van der Waals surface area contributed by atoms with Gasteiger partial charge in [0, 0.05) is 48.0 Å². The molecule has 8 nitrogen and oxygen atoms in total. The van der Waals surface area contributed by atoms with Crippen LogP contribution in [0.4, 0.5) is 10.1 Å². The Hall–Kier alpha value is -4.37. The number of amides is 2. The molecule has 0 unspecified atom stereocenters. The molecule has 1 aliphatic rings. The van der Waals surface area contributed by atoms with Gasteiger partial charge >= 0.3 is 0 Å². The van der Waals surface area contributed by atoms with Crippen molar-refractivity contribution < 1.29 is 14.0 Å². The molecule has 2 aromatic heterocycles. The average Bonchev–Trinajstić information content (AvgIpc) is 3.45. The third kappa shape index (κ3) is 4.36. The largest absolute Gasteiger partial charge is 0.348 e. The molecule has 0 saturated heterocycles. The normalized spacial score (nSPS) is 12.4. The summed E-state index contributed by atoms with van der Waals surface area (Å²) in [5, 5.41) is 8.81. The second-order valence-electron chi connectivity index (χ2n) is 8.52. The van der Waals surface area contributed by atoms with Gasteiger partial charge in [-0.15, -0.1) is 0 Å². The summed E-state index contributed by atoms with van der Waals surface area (Å²) in [7, 11) is 0. The molecule has 5 rings (SSSR count). The lowest BCUT2D eigenvalue weighted by atomic mass is 9.92. The van der Waals surface area contributed by atoms with Gasteiger partial charge in [0.2, 0.25) is 0 Å². The number of carbonyl (C=O) groups excluding carboxylic acids is 2. The molecule has 0 bridgehead atoms. The van der Waals surface area contributed by atoms with Crippen LogP contribution in [0.1, 0.15) is 44.6 Å². The lowest BCUT2D eigenvalue weighted by Crippen LogP contribution is -2.13. The van der Waals surface area contributed by atoms with Crippen molar-refractivity contribution in [3.8, 4) is 22.5 Å². The number of hydrogen-bond acceptors (Lipinski definition) is 5. The van der Waals surface area contributed by atoms with Gasteiger partial charge in [-0.25, -0.2) is 9.37 Å². The summed E-state index contributed by atoms with van der Waals surface area (Å²) in [6.07, 6.45) is 3.02. The van der Waals surface area contributed by atoms with Gasteiger partial charge in [0.1, 0.15) is 11.6 Å². The van der Waals surface area contributed by atoms with Crippen molar-refractivity contribution in [2.24, 2.45) is 0 Å². The molecule has 0 atom stereocenters. The lowest BCUT2D eigenvalue weighted by molar-refractivity contribution is 0.0965. The highest BCUT2D eigenvalue weighted by molar-refractivity contribution is 6.06. The number of anilines is 1. The van der Waals surface area contributed by atoms with Gasteiger partial charge in [0.05, 0.1) is 16.8 Å². The SMILES string of the molecule is CCNCc1nc(-c2ccc(-c3ccc(NC(=O)c4cccnc4)cc3F)c3c2C(=O)NC3)[nH]c1C. The van der Waals surface area contributed by atoms with E-state index in [9.17, 15) is 9.59 Å². The quantitative estimate of drug-likeness (QED) is 0.314. The van der Waals surface area contributed by atoms with Gasteiger partial charge in [-0.05, 0) is 61.0 Å². The Labute approximate surface area is 207 Å². The van der Waals surface area contributed by atoms with Crippen molar-refractivity contribution in [1.82, 2.24) is 25.6 Å². The summed E-state index contributed by atoms with van der Waals surface area (Å²) in [6.45, 7) is 5.72. The number of carbonyl (C=O) groups is 2. The number of pyridine rings is 1. The number of benzene rings is 2. The minimum atomic E-state index is -0.505. The molecule has 2 aromatic carbocycles. The van der Waals surface area contributed by atoms with E-state index in [1.165, 1.54) is 12.3 Å². The molecule has 0 fully saturated rings. The summed E-state index contributed by atoms with van der Waals surface area (Å²) < 4.78 is 15.3. The Morgan fingerprint density at radius 2 is 1.94 bits per heavy atom. The number of fused-ring (bicyclic) bond motifs is 1. The Bertz CT molecular complexity index is 1460. The second kappa shape index (κ2) is 9.71. The maximum Gasteiger partial charge on any atom is 0.257 e. The number of halogens is 1. The topological polar surface area (TPSA) is 112 Å². The van der Waals surface area contributed by atoms with Crippen LogP contribution in [0.15, 0.2) is 54.9 Å². The molecule has 4 N–H and O–H groups in total. The number of hydrogen-bond donors (Lipinski definition) is 4. The molecule has 0 spiro atoms. The van der Waals surface area contributed by atoms with Gasteiger partial charge in [-0.1, -0.05) is 13.0 Å². The molecule has 4 aromatic rings. The summed E-state index contributed by atoms with van der Waals surface area (Å²) in [4.78, 5) is 37.1. The molecule has 9 heteroatoms. The molecule has 36 heavy (non-hydrogen) atoms. The zero-order valence-electron chi connectivity index (χ0n) is 19.9. The first kappa shape index (κ1) is 23.4. The fourth-order valence-electron chi connectivity index (χ4n) is 4.35. The van der Waals surface area contributed by atoms with Crippen LogP contribution >= 0.6 is 0 Å². The van der Waals surface area contributed by atoms with Gasteiger partial charge in [-0.2, -0.15) is 0 Å². The van der Waals surface area contributed by atoms with Crippen molar-refractivity contribution in [3.63, 3.8) is 0 Å². The highest BCUT2D eigenvalue weighted by Gasteiger charge is 2.28. The van der Waals surface area contributed by atoms with Crippen molar-refractivity contribution in [2.75, 3.05) is 11.9 Å². The van der Waals surface area contributed by atoms with E-state index < -0.39 is 5.82 Å². The number of aromatic amines is 1. The van der Waals surface area contributed by atoms with Crippen molar-refractivity contribution >= 4 is 17.5 Å². The second-order valence-corrected chi connectivity index (χ2v) is 8.52. The van der Waals surface area contributed by atoms with Crippen LogP contribution in [0.25, 0.3) is 22.5 Å². The van der Waals surface area contributed by atoms with Crippen LogP contribution in [0.5, 0.6) is 0 Å². The number of rotatable bonds is 7. The Balaban J connectivity index is 1.48. The average molecular weight is 485 g/mol. The van der Waals surface area contributed by atoms with Gasteiger partial charge in [0.15, 0.2) is 0 Å². The van der Waals surface area contributed by atoms with E-state index in [0.29, 0.717) is 58.0 Å². The standard InChI is InChI=1S/C27H25FN6O2/c1-3-29-14-23-15(2)32-25(34-23)20-9-8-18(21-13-31-27(36)24(20)21)19-7-6-17(11-22(19)28)33-26(35)16-5-4-10-30-12-16/h4-12,29H,3,13-14H2,1-2H3,(H,31,36)(H,32,34)(H,33,35). The minimum Gasteiger partial charge on any atom is -0.348 e. The van der Waals surface area contributed by atoms with Crippen LogP contribution < -0.4 is 16.0 Å². The van der Waals surface area contributed by atoms with Gasteiger partial charge < -0.3 is 20.9 Å². The van der Waals surface area contributed by atoms with Crippen LogP contribution in [0, 0.1) is 12.7 Å². The Morgan fingerprint density at radius 1 is 1.14 bits per heavy atom. The van der Waals surface area contributed by atoms with E-state index in [1.54, 1.807) is 36.5 Å². The molecule has 0 saturated carbocycles. The van der Waals surface area contributed by atoms with Crippen LogP contribution in [-0.2, 0) is 13.1 Å². The molecule has 182 valence electrons. The van der Waals surface area contributed by atoms with E-state index in [2.05, 4.69) is 25.9 Å². The first-order chi connectivity index (χ1) is 17.5. The monoisotopic (exact) mass is 484 g/mol. The smallest absolute Gasteiger partial charge is 0.257 e. The summed E-state index contributed by atoms with van der Waals surface area (Å²) >= 11 is 0. The first-order valence-corrected chi connectivity index (χ1v) is 11.7. The van der Waals surface area contributed by atoms with E-state index in [1.807, 2.05) is 19.9 Å². The lowest BCUT2D eigenvalue weighted by Gasteiger charge is -2.13. The van der Waals surface area contributed by atoms with Crippen LogP contribution in [0.3, 0.4) is 0 Å². The van der Waals surface area contributed by atoms with E-state index in [-0.39, 0.29) is 11.8 Å². The van der Waals surface area contributed by atoms with E-state index in [4.69, 9.17) is 4.98 Å². The zero-order chi connectivity index (χ0) is 25.2. The number of aryl methyl sites for hydroxylation is 1. The third-order valence-electron chi connectivity index (χ3n) is 6.19.